The minimum Gasteiger partial charge on any atom is -0.312 e. The quantitative estimate of drug-likeness (QED) is 0.798. The van der Waals surface area contributed by atoms with Crippen molar-refractivity contribution in [3.05, 3.63) is 44.4 Å². The molecular weight excluding hydrogens is 220 g/mol. The van der Waals surface area contributed by atoms with Gasteiger partial charge in [-0.1, -0.05) is 11.3 Å². The number of H-pyrrole nitrogens is 1. The van der Waals surface area contributed by atoms with Crippen LogP contribution >= 0.6 is 11.3 Å². The molecule has 2 rings (SSSR count). The van der Waals surface area contributed by atoms with Gasteiger partial charge in [-0.15, -0.1) is 0 Å². The Kier molecular flexibility index (Phi) is 2.40. The zero-order valence-corrected chi connectivity index (χ0v) is 8.62. The van der Waals surface area contributed by atoms with Gasteiger partial charge in [-0.3, -0.25) is 4.79 Å². The van der Waals surface area contributed by atoms with Gasteiger partial charge in [0.15, 0.2) is 0 Å². The van der Waals surface area contributed by atoms with E-state index in [-0.39, 0.29) is 10.4 Å². The van der Waals surface area contributed by atoms with E-state index >= 15 is 0 Å². The van der Waals surface area contributed by atoms with E-state index < -0.39 is 11.6 Å². The SMILES string of the molecule is Cc1sc(=O)[nH]c1-c1cc(F)ccc1F. The minimum absolute atomic E-state index is 0.0888. The van der Waals surface area contributed by atoms with Gasteiger partial charge < -0.3 is 4.98 Å². The van der Waals surface area contributed by atoms with Gasteiger partial charge in [-0.2, -0.15) is 0 Å². The number of thiazole rings is 1. The maximum atomic E-state index is 13.4. The Morgan fingerprint density at radius 1 is 1.33 bits per heavy atom. The summed E-state index contributed by atoms with van der Waals surface area (Å²) >= 11 is 0.978. The lowest BCUT2D eigenvalue weighted by Crippen LogP contribution is -1.94. The van der Waals surface area contributed by atoms with E-state index in [2.05, 4.69) is 4.98 Å². The number of aryl methyl sites for hydroxylation is 1. The van der Waals surface area contributed by atoms with Crippen LogP contribution in [0.5, 0.6) is 0 Å². The number of aromatic amines is 1. The van der Waals surface area contributed by atoms with E-state index in [4.69, 9.17) is 0 Å². The third-order valence-electron chi connectivity index (χ3n) is 2.02. The van der Waals surface area contributed by atoms with E-state index in [0.717, 1.165) is 29.5 Å². The summed E-state index contributed by atoms with van der Waals surface area (Å²) in [7, 11) is 0. The average molecular weight is 227 g/mol. The van der Waals surface area contributed by atoms with Crippen LogP contribution in [0.4, 0.5) is 8.78 Å². The molecule has 1 aromatic carbocycles. The monoisotopic (exact) mass is 227 g/mol. The molecule has 1 aromatic heterocycles. The second-order valence-electron chi connectivity index (χ2n) is 3.07. The molecule has 1 N–H and O–H groups in total. The van der Waals surface area contributed by atoms with Gasteiger partial charge in [0, 0.05) is 10.4 Å². The van der Waals surface area contributed by atoms with Crippen LogP contribution in [0.2, 0.25) is 0 Å². The predicted octanol–water partition coefficient (Wildman–Crippen LogP) is 2.69. The van der Waals surface area contributed by atoms with E-state index in [1.165, 1.54) is 0 Å². The normalized spacial score (nSPS) is 10.6. The van der Waals surface area contributed by atoms with Crippen LogP contribution in [0, 0.1) is 18.6 Å². The maximum Gasteiger partial charge on any atom is 0.305 e. The van der Waals surface area contributed by atoms with Gasteiger partial charge in [0.25, 0.3) is 0 Å². The van der Waals surface area contributed by atoms with Crippen LogP contribution in [-0.4, -0.2) is 4.98 Å². The smallest absolute Gasteiger partial charge is 0.305 e. The van der Waals surface area contributed by atoms with Crippen molar-refractivity contribution in [1.82, 2.24) is 4.98 Å². The standard InChI is InChI=1S/C10H7F2NOS/c1-5-9(13-10(14)15-5)7-4-6(11)2-3-8(7)12/h2-4H,1H3,(H,13,14). The van der Waals surface area contributed by atoms with Gasteiger partial charge >= 0.3 is 4.87 Å². The van der Waals surface area contributed by atoms with Crippen LogP contribution < -0.4 is 4.87 Å². The second kappa shape index (κ2) is 3.58. The molecule has 5 heteroatoms. The summed E-state index contributed by atoms with van der Waals surface area (Å²) in [5.41, 5.74) is 0.438. The molecule has 0 fully saturated rings. The summed E-state index contributed by atoms with van der Waals surface area (Å²) in [6.45, 7) is 1.68. The third kappa shape index (κ3) is 1.83. The number of benzene rings is 1. The first-order valence-electron chi connectivity index (χ1n) is 4.23. The van der Waals surface area contributed by atoms with E-state index in [9.17, 15) is 13.6 Å². The summed E-state index contributed by atoms with van der Waals surface area (Å²) in [6.07, 6.45) is 0. The molecule has 15 heavy (non-hydrogen) atoms. The van der Waals surface area contributed by atoms with Crippen LogP contribution in [0.25, 0.3) is 11.3 Å². The summed E-state index contributed by atoms with van der Waals surface area (Å²) in [4.78, 5) is 13.9. The molecule has 0 aliphatic carbocycles. The molecule has 0 spiro atoms. The molecule has 1 heterocycles. The number of halogens is 2. The van der Waals surface area contributed by atoms with Gasteiger partial charge in [-0.25, -0.2) is 8.78 Å². The highest BCUT2D eigenvalue weighted by molar-refractivity contribution is 7.09. The molecule has 2 nitrogen and oxygen atoms in total. The van der Waals surface area contributed by atoms with Crippen LogP contribution in [0.1, 0.15) is 4.88 Å². The number of nitrogens with one attached hydrogen (secondary N) is 1. The first-order valence-corrected chi connectivity index (χ1v) is 5.04. The highest BCUT2D eigenvalue weighted by Crippen LogP contribution is 2.25. The topological polar surface area (TPSA) is 32.9 Å². The van der Waals surface area contributed by atoms with Crippen LogP contribution in [0.15, 0.2) is 23.0 Å². The number of rotatable bonds is 1. The molecular formula is C10H7F2NOS. The molecule has 0 atom stereocenters. The molecule has 2 aromatic rings. The minimum atomic E-state index is -0.548. The summed E-state index contributed by atoms with van der Waals surface area (Å²) < 4.78 is 26.3. The number of aromatic nitrogens is 1. The average Bonchev–Trinajstić information content (AvgIpc) is 2.50. The second-order valence-corrected chi connectivity index (χ2v) is 4.26. The first-order chi connectivity index (χ1) is 7.08. The fraction of sp³-hybridized carbons (Fsp3) is 0.100. The fourth-order valence-corrected chi connectivity index (χ4v) is 2.05. The van der Waals surface area contributed by atoms with Crippen LogP contribution in [-0.2, 0) is 0 Å². The highest BCUT2D eigenvalue weighted by atomic mass is 32.1. The molecule has 0 bridgehead atoms. The molecule has 0 unspecified atom stereocenters. The lowest BCUT2D eigenvalue weighted by molar-refractivity contribution is 0.602. The Hall–Kier alpha value is -1.49. The lowest BCUT2D eigenvalue weighted by Gasteiger charge is -2.01. The zero-order chi connectivity index (χ0) is 11.0. The van der Waals surface area contributed by atoms with Crippen molar-refractivity contribution >= 4 is 11.3 Å². The largest absolute Gasteiger partial charge is 0.312 e. The van der Waals surface area contributed by atoms with E-state index in [0.29, 0.717) is 10.6 Å². The van der Waals surface area contributed by atoms with Gasteiger partial charge in [0.2, 0.25) is 0 Å². The molecule has 0 aliphatic heterocycles. The van der Waals surface area contributed by atoms with Crippen molar-refractivity contribution in [2.24, 2.45) is 0 Å². The highest BCUT2D eigenvalue weighted by Gasteiger charge is 2.11. The van der Waals surface area contributed by atoms with Gasteiger partial charge in [0.05, 0.1) is 5.69 Å². The first kappa shape index (κ1) is 10.0. The van der Waals surface area contributed by atoms with Crippen molar-refractivity contribution in [2.75, 3.05) is 0 Å². The third-order valence-corrected chi connectivity index (χ3v) is 2.82. The van der Waals surface area contributed by atoms with E-state index in [1.54, 1.807) is 6.92 Å². The Morgan fingerprint density at radius 3 is 2.67 bits per heavy atom. The molecule has 78 valence electrons. The lowest BCUT2D eigenvalue weighted by atomic mass is 10.1. The molecule has 0 amide bonds. The number of hydrogen-bond acceptors (Lipinski definition) is 2. The predicted molar refractivity (Wildman–Crippen MR) is 55.0 cm³/mol. The van der Waals surface area contributed by atoms with Crippen molar-refractivity contribution in [3.63, 3.8) is 0 Å². The van der Waals surface area contributed by atoms with Crippen molar-refractivity contribution in [1.29, 1.82) is 0 Å². The van der Waals surface area contributed by atoms with E-state index in [1.807, 2.05) is 0 Å². The van der Waals surface area contributed by atoms with Crippen LogP contribution in [0.3, 0.4) is 0 Å². The Labute approximate surface area is 88.2 Å². The maximum absolute atomic E-state index is 13.4. The molecule has 0 saturated carbocycles. The van der Waals surface area contributed by atoms with Crippen molar-refractivity contribution in [2.45, 2.75) is 6.92 Å². The Bertz CT molecular complexity index is 559. The summed E-state index contributed by atoms with van der Waals surface area (Å²) in [6, 6.07) is 3.15. The number of hydrogen-bond donors (Lipinski definition) is 1. The van der Waals surface area contributed by atoms with Gasteiger partial charge in [0.1, 0.15) is 11.6 Å². The summed E-state index contributed by atoms with van der Waals surface area (Å²) in [5.74, 6) is -1.08. The summed E-state index contributed by atoms with van der Waals surface area (Å²) in [5, 5.41) is 0. The molecule has 0 aliphatic rings. The van der Waals surface area contributed by atoms with Gasteiger partial charge in [-0.05, 0) is 25.1 Å². The Balaban J connectivity index is 2.68. The molecule has 0 radical (unpaired) electrons. The van der Waals surface area contributed by atoms with Crippen molar-refractivity contribution in [3.8, 4) is 11.3 Å². The Morgan fingerprint density at radius 2 is 2.07 bits per heavy atom. The molecule has 0 saturated heterocycles. The van der Waals surface area contributed by atoms with Crippen molar-refractivity contribution < 1.29 is 8.78 Å². The zero-order valence-electron chi connectivity index (χ0n) is 7.80. The fourth-order valence-electron chi connectivity index (χ4n) is 1.35.